The number of aromatic nitrogens is 1. The van der Waals surface area contributed by atoms with Crippen LogP contribution in [0.25, 0.3) is 0 Å². The number of ether oxygens (including phenoxy) is 2. The highest BCUT2D eigenvalue weighted by atomic mass is 16.5. The van der Waals surface area contributed by atoms with Crippen LogP contribution in [0.1, 0.15) is 38.2 Å². The number of hydrogen-bond acceptors (Lipinski definition) is 3. The third-order valence-electron chi connectivity index (χ3n) is 2.52. The molecule has 0 spiro atoms. The summed E-state index contributed by atoms with van der Waals surface area (Å²) in [7, 11) is 1.62. The molecule has 0 aromatic carbocycles. The molecule has 0 unspecified atom stereocenters. The summed E-state index contributed by atoms with van der Waals surface area (Å²) in [4.78, 5) is 4.25. The molecule has 1 saturated carbocycles. The SMILES string of the molecule is COc1ncc(C(C)C)cc1OC1CC1. The average molecular weight is 207 g/mol. The van der Waals surface area contributed by atoms with E-state index in [-0.39, 0.29) is 0 Å². The molecule has 15 heavy (non-hydrogen) atoms. The number of rotatable bonds is 4. The van der Waals surface area contributed by atoms with Gasteiger partial charge in [0.05, 0.1) is 13.2 Å². The van der Waals surface area contributed by atoms with Crippen molar-refractivity contribution in [2.75, 3.05) is 7.11 Å². The van der Waals surface area contributed by atoms with Gasteiger partial charge in [0.25, 0.3) is 5.88 Å². The molecular weight excluding hydrogens is 190 g/mol. The molecule has 3 heteroatoms. The van der Waals surface area contributed by atoms with E-state index in [1.165, 1.54) is 5.56 Å². The molecule has 0 radical (unpaired) electrons. The Hall–Kier alpha value is -1.25. The lowest BCUT2D eigenvalue weighted by atomic mass is 10.1. The van der Waals surface area contributed by atoms with Crippen molar-refractivity contribution in [1.29, 1.82) is 0 Å². The fraction of sp³-hybridized carbons (Fsp3) is 0.583. The fourth-order valence-electron chi connectivity index (χ4n) is 1.37. The highest BCUT2D eigenvalue weighted by molar-refractivity contribution is 5.37. The quantitative estimate of drug-likeness (QED) is 0.760. The minimum Gasteiger partial charge on any atom is -0.485 e. The van der Waals surface area contributed by atoms with Crippen molar-refractivity contribution in [2.24, 2.45) is 0 Å². The van der Waals surface area contributed by atoms with E-state index >= 15 is 0 Å². The molecule has 1 aliphatic carbocycles. The van der Waals surface area contributed by atoms with Crippen molar-refractivity contribution < 1.29 is 9.47 Å². The maximum atomic E-state index is 5.75. The highest BCUT2D eigenvalue weighted by Gasteiger charge is 2.25. The molecule has 82 valence electrons. The Morgan fingerprint density at radius 1 is 1.40 bits per heavy atom. The van der Waals surface area contributed by atoms with Crippen LogP contribution < -0.4 is 9.47 Å². The molecule has 3 nitrogen and oxygen atoms in total. The topological polar surface area (TPSA) is 31.4 Å². The molecule has 1 aromatic rings. The van der Waals surface area contributed by atoms with E-state index in [1.807, 2.05) is 12.3 Å². The van der Waals surface area contributed by atoms with Crippen molar-refractivity contribution in [3.05, 3.63) is 17.8 Å². The summed E-state index contributed by atoms with van der Waals surface area (Å²) in [6, 6.07) is 2.04. The zero-order valence-corrected chi connectivity index (χ0v) is 9.49. The first-order chi connectivity index (χ1) is 7.20. The van der Waals surface area contributed by atoms with Crippen molar-refractivity contribution in [3.8, 4) is 11.6 Å². The predicted octanol–water partition coefficient (Wildman–Crippen LogP) is 2.75. The molecule has 0 bridgehead atoms. The summed E-state index contributed by atoms with van der Waals surface area (Å²) in [5.41, 5.74) is 1.19. The van der Waals surface area contributed by atoms with Gasteiger partial charge in [-0.05, 0) is 30.4 Å². The molecule has 0 saturated heterocycles. The van der Waals surface area contributed by atoms with Crippen LogP contribution in [0.15, 0.2) is 12.3 Å². The van der Waals surface area contributed by atoms with E-state index in [1.54, 1.807) is 7.11 Å². The normalized spacial score (nSPS) is 15.5. The van der Waals surface area contributed by atoms with Gasteiger partial charge in [0.1, 0.15) is 0 Å². The first kappa shape index (κ1) is 10.3. The minimum absolute atomic E-state index is 0.378. The van der Waals surface area contributed by atoms with Gasteiger partial charge >= 0.3 is 0 Å². The third kappa shape index (κ3) is 2.41. The summed E-state index contributed by atoms with van der Waals surface area (Å²) >= 11 is 0. The molecule has 0 N–H and O–H groups in total. The van der Waals surface area contributed by atoms with Crippen LogP contribution in [0.4, 0.5) is 0 Å². The number of hydrogen-bond donors (Lipinski definition) is 0. The number of pyridine rings is 1. The number of methoxy groups -OCH3 is 1. The largest absolute Gasteiger partial charge is 0.485 e. The lowest BCUT2D eigenvalue weighted by Crippen LogP contribution is -2.01. The van der Waals surface area contributed by atoms with Gasteiger partial charge in [-0.25, -0.2) is 4.98 Å². The summed E-state index contributed by atoms with van der Waals surface area (Å²) in [5, 5.41) is 0. The van der Waals surface area contributed by atoms with Gasteiger partial charge in [-0.1, -0.05) is 13.8 Å². The van der Waals surface area contributed by atoms with Gasteiger partial charge in [-0.3, -0.25) is 0 Å². The fourth-order valence-corrected chi connectivity index (χ4v) is 1.37. The van der Waals surface area contributed by atoms with Gasteiger partial charge < -0.3 is 9.47 Å². The smallest absolute Gasteiger partial charge is 0.256 e. The van der Waals surface area contributed by atoms with Gasteiger partial charge in [0.2, 0.25) is 0 Å². The highest BCUT2D eigenvalue weighted by Crippen LogP contribution is 2.33. The molecule has 1 aliphatic rings. The Labute approximate surface area is 90.4 Å². The van der Waals surface area contributed by atoms with E-state index in [2.05, 4.69) is 18.8 Å². The maximum absolute atomic E-state index is 5.75. The first-order valence-corrected chi connectivity index (χ1v) is 5.41. The lowest BCUT2D eigenvalue weighted by molar-refractivity contribution is 0.276. The van der Waals surface area contributed by atoms with Crippen molar-refractivity contribution in [2.45, 2.75) is 38.7 Å². The van der Waals surface area contributed by atoms with Gasteiger partial charge in [-0.15, -0.1) is 0 Å². The summed E-state index contributed by atoms with van der Waals surface area (Å²) in [5.74, 6) is 1.84. The first-order valence-electron chi connectivity index (χ1n) is 5.41. The van der Waals surface area contributed by atoms with Crippen LogP contribution in [-0.4, -0.2) is 18.2 Å². The molecule has 0 aliphatic heterocycles. The van der Waals surface area contributed by atoms with Crippen LogP contribution in [0.5, 0.6) is 11.6 Å². The Morgan fingerprint density at radius 2 is 2.13 bits per heavy atom. The second-order valence-corrected chi connectivity index (χ2v) is 4.25. The third-order valence-corrected chi connectivity index (χ3v) is 2.52. The molecular formula is C12H17NO2. The predicted molar refractivity (Wildman–Crippen MR) is 58.5 cm³/mol. The Morgan fingerprint density at radius 3 is 2.67 bits per heavy atom. The Bertz CT molecular complexity index is 345. The molecule has 0 atom stereocenters. The van der Waals surface area contributed by atoms with E-state index in [4.69, 9.17) is 9.47 Å². The van der Waals surface area contributed by atoms with Gasteiger partial charge in [0.15, 0.2) is 5.75 Å². The summed E-state index contributed by atoms with van der Waals surface area (Å²) < 4.78 is 10.9. The minimum atomic E-state index is 0.378. The van der Waals surface area contributed by atoms with Crippen molar-refractivity contribution in [1.82, 2.24) is 4.98 Å². The summed E-state index contributed by atoms with van der Waals surface area (Å²) in [6.07, 6.45) is 4.52. The van der Waals surface area contributed by atoms with Crippen LogP contribution in [0, 0.1) is 0 Å². The van der Waals surface area contributed by atoms with Gasteiger partial charge in [-0.2, -0.15) is 0 Å². The van der Waals surface area contributed by atoms with Gasteiger partial charge in [0, 0.05) is 6.20 Å². The number of nitrogens with zero attached hydrogens (tertiary/aromatic N) is 1. The molecule has 1 aromatic heterocycles. The van der Waals surface area contributed by atoms with Crippen LogP contribution in [-0.2, 0) is 0 Å². The molecule has 1 heterocycles. The van der Waals surface area contributed by atoms with Crippen LogP contribution in [0.3, 0.4) is 0 Å². The van der Waals surface area contributed by atoms with Crippen LogP contribution in [0.2, 0.25) is 0 Å². The van der Waals surface area contributed by atoms with E-state index in [0.717, 1.165) is 18.6 Å². The lowest BCUT2D eigenvalue weighted by Gasteiger charge is -2.12. The standard InChI is InChI=1S/C12H17NO2/c1-8(2)9-6-11(15-10-4-5-10)12(14-3)13-7-9/h6-8,10H,4-5H2,1-3H3. The Kier molecular flexibility index (Phi) is 2.80. The zero-order chi connectivity index (χ0) is 10.8. The van der Waals surface area contributed by atoms with E-state index in [0.29, 0.717) is 17.9 Å². The zero-order valence-electron chi connectivity index (χ0n) is 9.49. The Balaban J connectivity index is 2.24. The average Bonchev–Trinajstić information content (AvgIpc) is 3.01. The molecule has 0 amide bonds. The summed E-state index contributed by atoms with van der Waals surface area (Å²) in [6.45, 7) is 4.29. The maximum Gasteiger partial charge on any atom is 0.256 e. The van der Waals surface area contributed by atoms with Crippen LogP contribution >= 0.6 is 0 Å². The monoisotopic (exact) mass is 207 g/mol. The van der Waals surface area contributed by atoms with E-state index in [9.17, 15) is 0 Å². The molecule has 2 rings (SSSR count). The second kappa shape index (κ2) is 4.09. The van der Waals surface area contributed by atoms with E-state index < -0.39 is 0 Å². The van der Waals surface area contributed by atoms with Crippen molar-refractivity contribution >= 4 is 0 Å². The van der Waals surface area contributed by atoms with Crippen molar-refractivity contribution in [3.63, 3.8) is 0 Å². The second-order valence-electron chi connectivity index (χ2n) is 4.25. The molecule has 1 fully saturated rings.